The van der Waals surface area contributed by atoms with Crippen LogP contribution in [-0.4, -0.2) is 15.6 Å². The lowest BCUT2D eigenvalue weighted by atomic mass is 10.1. The molecule has 0 bridgehead atoms. The highest BCUT2D eigenvalue weighted by Gasteiger charge is 2.17. The van der Waals surface area contributed by atoms with Crippen molar-refractivity contribution in [3.63, 3.8) is 0 Å². The van der Waals surface area contributed by atoms with Crippen LogP contribution in [0.3, 0.4) is 0 Å². The van der Waals surface area contributed by atoms with Gasteiger partial charge in [0.2, 0.25) is 0 Å². The van der Waals surface area contributed by atoms with Crippen molar-refractivity contribution in [2.24, 2.45) is 0 Å². The second-order valence-corrected chi connectivity index (χ2v) is 5.31. The van der Waals surface area contributed by atoms with Gasteiger partial charge in [-0.3, -0.25) is 4.79 Å². The van der Waals surface area contributed by atoms with Crippen molar-refractivity contribution in [1.82, 2.24) is 4.57 Å². The summed E-state index contributed by atoms with van der Waals surface area (Å²) in [6.07, 6.45) is 0.726. The lowest BCUT2D eigenvalue weighted by molar-refractivity contribution is 0.0694. The molecule has 1 N–H and O–H groups in total. The first-order valence-corrected chi connectivity index (χ1v) is 7.08. The number of rotatable bonds is 4. The Morgan fingerprint density at radius 3 is 2.38 bits per heavy atom. The smallest absolute Gasteiger partial charge is 0.341 e. The van der Waals surface area contributed by atoms with Gasteiger partial charge in [-0.1, -0.05) is 30.7 Å². The van der Waals surface area contributed by atoms with E-state index in [1.54, 1.807) is 18.2 Å². The first-order valence-electron chi connectivity index (χ1n) is 6.70. The van der Waals surface area contributed by atoms with Crippen molar-refractivity contribution < 1.29 is 9.90 Å². The molecule has 0 saturated carbocycles. The molecule has 1 atom stereocenters. The van der Waals surface area contributed by atoms with Gasteiger partial charge in [-0.2, -0.15) is 0 Å². The molecule has 0 aliphatic rings. The number of halogens is 1. The lowest BCUT2D eigenvalue weighted by Crippen LogP contribution is -2.29. The molecule has 0 amide bonds. The van der Waals surface area contributed by atoms with E-state index in [0.717, 1.165) is 12.0 Å². The quantitative estimate of drug-likeness (QED) is 0.933. The number of nitrogens with zero attached hydrogens (tertiary/aromatic N) is 1. The van der Waals surface area contributed by atoms with E-state index in [0.29, 0.717) is 10.7 Å². The fourth-order valence-electron chi connectivity index (χ4n) is 2.19. The van der Waals surface area contributed by atoms with Crippen molar-refractivity contribution >= 4 is 17.6 Å². The van der Waals surface area contributed by atoms with E-state index in [9.17, 15) is 9.59 Å². The van der Waals surface area contributed by atoms with Crippen LogP contribution in [0.4, 0.5) is 0 Å². The molecule has 1 aromatic carbocycles. The molecule has 1 aromatic heterocycles. The second kappa shape index (κ2) is 6.14. The predicted molar refractivity (Wildman–Crippen MR) is 83.1 cm³/mol. The number of carboxylic acid groups (broad SMARTS) is 1. The maximum absolute atomic E-state index is 12.4. The third kappa shape index (κ3) is 3.00. The number of hydrogen-bond donors (Lipinski definition) is 1. The van der Waals surface area contributed by atoms with Crippen molar-refractivity contribution in [3.05, 3.63) is 57.3 Å². The molecule has 2 rings (SSSR count). The molecule has 1 unspecified atom stereocenters. The Morgan fingerprint density at radius 2 is 1.86 bits per heavy atom. The van der Waals surface area contributed by atoms with E-state index in [2.05, 4.69) is 0 Å². The predicted octanol–water partition coefficient (Wildman–Crippen LogP) is 3.84. The summed E-state index contributed by atoms with van der Waals surface area (Å²) in [6.45, 7) is 3.85. The van der Waals surface area contributed by atoms with Crippen molar-refractivity contribution in [3.8, 4) is 11.3 Å². The standard InChI is InChI=1S/C16H16ClNO3/c1-3-10(2)18-14(11-4-6-12(17)7-5-11)9-8-13(15(18)19)16(20)21/h4-10H,3H2,1-2H3,(H,20,21). The van der Waals surface area contributed by atoms with Gasteiger partial charge in [0.05, 0.1) is 5.69 Å². The molecule has 21 heavy (non-hydrogen) atoms. The maximum atomic E-state index is 12.4. The SMILES string of the molecule is CCC(C)n1c(-c2ccc(Cl)cc2)ccc(C(=O)O)c1=O. The van der Waals surface area contributed by atoms with Crippen LogP contribution in [-0.2, 0) is 0 Å². The fraction of sp³-hybridized carbons (Fsp3) is 0.250. The molecular weight excluding hydrogens is 290 g/mol. The third-order valence-corrected chi connectivity index (χ3v) is 3.77. The van der Waals surface area contributed by atoms with Crippen molar-refractivity contribution in [1.29, 1.82) is 0 Å². The van der Waals surface area contributed by atoms with E-state index >= 15 is 0 Å². The summed E-state index contributed by atoms with van der Waals surface area (Å²) in [4.78, 5) is 23.6. The Morgan fingerprint density at radius 1 is 1.24 bits per heavy atom. The number of pyridine rings is 1. The fourth-order valence-corrected chi connectivity index (χ4v) is 2.32. The molecule has 4 nitrogen and oxygen atoms in total. The minimum atomic E-state index is -1.21. The van der Waals surface area contributed by atoms with Gasteiger partial charge in [-0.05, 0) is 43.2 Å². The summed E-state index contributed by atoms with van der Waals surface area (Å²) in [5.74, 6) is -1.21. The Labute approximate surface area is 127 Å². The minimum absolute atomic E-state index is 0.0949. The van der Waals surface area contributed by atoms with Crippen molar-refractivity contribution in [2.75, 3.05) is 0 Å². The largest absolute Gasteiger partial charge is 0.477 e. The normalized spacial score (nSPS) is 12.1. The number of carboxylic acids is 1. The second-order valence-electron chi connectivity index (χ2n) is 4.88. The van der Waals surface area contributed by atoms with Crippen LogP contribution in [0.15, 0.2) is 41.2 Å². The zero-order valence-electron chi connectivity index (χ0n) is 11.8. The average molecular weight is 306 g/mol. The van der Waals surface area contributed by atoms with Crippen LogP contribution < -0.4 is 5.56 Å². The van der Waals surface area contributed by atoms with Crippen LogP contribution in [0, 0.1) is 0 Å². The van der Waals surface area contributed by atoms with Crippen LogP contribution in [0.1, 0.15) is 36.7 Å². The Kier molecular flexibility index (Phi) is 4.48. The summed E-state index contributed by atoms with van der Waals surface area (Å²) in [5, 5.41) is 9.72. The average Bonchev–Trinajstić information content (AvgIpc) is 2.46. The number of hydrogen-bond acceptors (Lipinski definition) is 2. The first-order chi connectivity index (χ1) is 9.95. The van der Waals surface area contributed by atoms with E-state index in [4.69, 9.17) is 16.7 Å². The summed E-state index contributed by atoms with van der Waals surface area (Å²) in [7, 11) is 0. The minimum Gasteiger partial charge on any atom is -0.477 e. The van der Waals surface area contributed by atoms with E-state index in [1.165, 1.54) is 10.6 Å². The molecular formula is C16H16ClNO3. The Balaban J connectivity index is 2.71. The summed E-state index contributed by atoms with van der Waals surface area (Å²) >= 11 is 5.88. The molecule has 0 aliphatic carbocycles. The summed E-state index contributed by atoms with van der Waals surface area (Å²) in [5.41, 5.74) is 0.821. The van der Waals surface area contributed by atoms with E-state index in [-0.39, 0.29) is 11.6 Å². The Hall–Kier alpha value is -2.07. The zero-order valence-corrected chi connectivity index (χ0v) is 12.6. The summed E-state index contributed by atoms with van der Waals surface area (Å²) < 4.78 is 1.53. The number of aromatic carboxylic acids is 1. The highest BCUT2D eigenvalue weighted by atomic mass is 35.5. The van der Waals surface area contributed by atoms with Gasteiger partial charge in [0.25, 0.3) is 5.56 Å². The molecule has 2 aromatic rings. The molecule has 0 spiro atoms. The number of aromatic nitrogens is 1. The molecule has 5 heteroatoms. The van der Waals surface area contributed by atoms with Gasteiger partial charge in [0.1, 0.15) is 5.56 Å². The molecule has 0 fully saturated rings. The molecule has 1 heterocycles. The van der Waals surface area contributed by atoms with Crippen LogP contribution >= 0.6 is 11.6 Å². The monoisotopic (exact) mass is 305 g/mol. The summed E-state index contributed by atoms with van der Waals surface area (Å²) in [6, 6.07) is 10.0. The van der Waals surface area contributed by atoms with Crippen LogP contribution in [0.2, 0.25) is 5.02 Å². The van der Waals surface area contributed by atoms with E-state index in [1.807, 2.05) is 26.0 Å². The third-order valence-electron chi connectivity index (χ3n) is 3.52. The highest BCUT2D eigenvalue weighted by molar-refractivity contribution is 6.30. The first kappa shape index (κ1) is 15.3. The topological polar surface area (TPSA) is 59.3 Å². The zero-order chi connectivity index (χ0) is 15.6. The lowest BCUT2D eigenvalue weighted by Gasteiger charge is -2.19. The number of carbonyl (C=O) groups is 1. The molecule has 0 saturated heterocycles. The molecule has 0 aliphatic heterocycles. The van der Waals surface area contributed by atoms with Gasteiger partial charge in [0.15, 0.2) is 0 Å². The molecule has 0 radical (unpaired) electrons. The van der Waals surface area contributed by atoms with Gasteiger partial charge >= 0.3 is 5.97 Å². The van der Waals surface area contributed by atoms with Crippen molar-refractivity contribution in [2.45, 2.75) is 26.3 Å². The number of benzene rings is 1. The van der Waals surface area contributed by atoms with Crippen LogP contribution in [0.25, 0.3) is 11.3 Å². The maximum Gasteiger partial charge on any atom is 0.341 e. The highest BCUT2D eigenvalue weighted by Crippen LogP contribution is 2.24. The van der Waals surface area contributed by atoms with Gasteiger partial charge in [-0.25, -0.2) is 4.79 Å². The van der Waals surface area contributed by atoms with Gasteiger partial charge in [0, 0.05) is 11.1 Å². The Bertz CT molecular complexity index is 719. The van der Waals surface area contributed by atoms with E-state index < -0.39 is 11.5 Å². The molecule has 110 valence electrons. The van der Waals surface area contributed by atoms with Gasteiger partial charge < -0.3 is 9.67 Å². The van der Waals surface area contributed by atoms with Crippen LogP contribution in [0.5, 0.6) is 0 Å². The van der Waals surface area contributed by atoms with Gasteiger partial charge in [-0.15, -0.1) is 0 Å².